The number of anilines is 1. The number of nitrogens with two attached hydrogens (primary N) is 1. The zero-order valence-corrected chi connectivity index (χ0v) is 8.56. The van der Waals surface area contributed by atoms with E-state index in [1.54, 1.807) is 11.3 Å². The van der Waals surface area contributed by atoms with Crippen LogP contribution >= 0.6 is 11.3 Å². The normalized spacial score (nSPS) is 11.3. The highest BCUT2D eigenvalue weighted by Crippen LogP contribution is 2.28. The number of hydrogen-bond acceptors (Lipinski definition) is 3. The third-order valence-electron chi connectivity index (χ3n) is 1.92. The van der Waals surface area contributed by atoms with Crippen molar-refractivity contribution in [2.24, 2.45) is 0 Å². The van der Waals surface area contributed by atoms with Crippen molar-refractivity contribution in [3.05, 3.63) is 23.2 Å². The maximum atomic E-state index is 5.67. The third kappa shape index (κ3) is 1.52. The van der Waals surface area contributed by atoms with Crippen molar-refractivity contribution in [2.75, 3.05) is 5.73 Å². The summed E-state index contributed by atoms with van der Waals surface area (Å²) in [5.74, 6) is 0.499. The van der Waals surface area contributed by atoms with Crippen LogP contribution in [0.25, 0.3) is 10.2 Å². The molecule has 2 aromatic rings. The van der Waals surface area contributed by atoms with Crippen molar-refractivity contribution in [1.29, 1.82) is 0 Å². The Labute approximate surface area is 81.4 Å². The summed E-state index contributed by atoms with van der Waals surface area (Å²) in [5.41, 5.74) is 7.48. The lowest BCUT2D eigenvalue weighted by atomic mass is 10.2. The van der Waals surface area contributed by atoms with Gasteiger partial charge < -0.3 is 5.73 Å². The van der Waals surface area contributed by atoms with Crippen molar-refractivity contribution in [2.45, 2.75) is 19.8 Å². The molecule has 0 unspecified atom stereocenters. The van der Waals surface area contributed by atoms with Gasteiger partial charge in [0, 0.05) is 11.6 Å². The molecule has 0 atom stereocenters. The Morgan fingerprint density at radius 3 is 2.85 bits per heavy atom. The van der Waals surface area contributed by atoms with Crippen LogP contribution in [0.2, 0.25) is 0 Å². The Bertz CT molecular complexity index is 431. The molecule has 0 bridgehead atoms. The molecule has 0 saturated heterocycles. The van der Waals surface area contributed by atoms with Crippen molar-refractivity contribution in [3.8, 4) is 0 Å². The molecule has 1 aromatic carbocycles. The average molecular weight is 192 g/mol. The number of hydrogen-bond donors (Lipinski definition) is 1. The maximum Gasteiger partial charge on any atom is 0.0964 e. The molecule has 1 aromatic heterocycles. The van der Waals surface area contributed by atoms with Gasteiger partial charge in [0.15, 0.2) is 0 Å². The molecule has 0 spiro atoms. The molecule has 0 fully saturated rings. The van der Waals surface area contributed by atoms with E-state index in [2.05, 4.69) is 18.8 Å². The zero-order chi connectivity index (χ0) is 9.42. The lowest BCUT2D eigenvalue weighted by molar-refractivity contribution is 0.857. The van der Waals surface area contributed by atoms with E-state index in [0.717, 1.165) is 11.2 Å². The molecule has 13 heavy (non-hydrogen) atoms. The maximum absolute atomic E-state index is 5.67. The third-order valence-corrected chi connectivity index (χ3v) is 3.26. The van der Waals surface area contributed by atoms with Gasteiger partial charge in [0.25, 0.3) is 0 Å². The monoisotopic (exact) mass is 192 g/mol. The second-order valence-electron chi connectivity index (χ2n) is 3.43. The number of fused-ring (bicyclic) bond motifs is 1. The summed E-state index contributed by atoms with van der Waals surface area (Å²) in [7, 11) is 0. The molecule has 2 N–H and O–H groups in total. The summed E-state index contributed by atoms with van der Waals surface area (Å²) >= 11 is 1.75. The number of nitrogen functional groups attached to an aromatic ring is 1. The SMILES string of the molecule is CC(C)c1nc2cc(N)ccc2s1. The fourth-order valence-corrected chi connectivity index (χ4v) is 2.16. The molecule has 2 nitrogen and oxygen atoms in total. The van der Waals surface area contributed by atoms with Crippen LogP contribution in [0, 0.1) is 0 Å². The lowest BCUT2D eigenvalue weighted by Crippen LogP contribution is -1.84. The first-order valence-electron chi connectivity index (χ1n) is 4.33. The summed E-state index contributed by atoms with van der Waals surface area (Å²) in [4.78, 5) is 4.51. The van der Waals surface area contributed by atoms with E-state index in [-0.39, 0.29) is 0 Å². The topological polar surface area (TPSA) is 38.9 Å². The van der Waals surface area contributed by atoms with E-state index in [1.807, 2.05) is 18.2 Å². The predicted octanol–water partition coefficient (Wildman–Crippen LogP) is 3.00. The van der Waals surface area contributed by atoms with Gasteiger partial charge in [-0.2, -0.15) is 0 Å². The fourth-order valence-electron chi connectivity index (χ4n) is 1.21. The number of rotatable bonds is 1. The van der Waals surface area contributed by atoms with Crippen LogP contribution in [-0.2, 0) is 0 Å². The smallest absolute Gasteiger partial charge is 0.0964 e. The van der Waals surface area contributed by atoms with E-state index in [9.17, 15) is 0 Å². The first-order valence-corrected chi connectivity index (χ1v) is 5.14. The van der Waals surface area contributed by atoms with Crippen LogP contribution in [0.4, 0.5) is 5.69 Å². The van der Waals surface area contributed by atoms with Crippen LogP contribution in [0.3, 0.4) is 0 Å². The summed E-state index contributed by atoms with van der Waals surface area (Å²) < 4.78 is 1.22. The first kappa shape index (κ1) is 8.51. The summed E-state index contributed by atoms with van der Waals surface area (Å²) in [6.45, 7) is 4.31. The Balaban J connectivity index is 2.62. The number of benzene rings is 1. The summed E-state index contributed by atoms with van der Waals surface area (Å²) in [6.07, 6.45) is 0. The molecule has 0 aliphatic carbocycles. The minimum Gasteiger partial charge on any atom is -0.399 e. The lowest BCUT2D eigenvalue weighted by Gasteiger charge is -1.94. The Morgan fingerprint density at radius 2 is 2.15 bits per heavy atom. The molecule has 1 heterocycles. The molecule has 0 saturated carbocycles. The van der Waals surface area contributed by atoms with Gasteiger partial charge in [-0.3, -0.25) is 0 Å². The second-order valence-corrected chi connectivity index (χ2v) is 4.50. The van der Waals surface area contributed by atoms with E-state index in [1.165, 1.54) is 9.71 Å². The van der Waals surface area contributed by atoms with E-state index >= 15 is 0 Å². The average Bonchev–Trinajstić information content (AvgIpc) is 2.46. The number of aromatic nitrogens is 1. The van der Waals surface area contributed by atoms with Gasteiger partial charge in [0.05, 0.1) is 15.2 Å². The van der Waals surface area contributed by atoms with Gasteiger partial charge >= 0.3 is 0 Å². The molecule has 3 heteroatoms. The van der Waals surface area contributed by atoms with Gasteiger partial charge in [0.1, 0.15) is 0 Å². The van der Waals surface area contributed by atoms with Gasteiger partial charge in [-0.05, 0) is 18.2 Å². The largest absolute Gasteiger partial charge is 0.399 e. The minimum atomic E-state index is 0.499. The van der Waals surface area contributed by atoms with Crippen LogP contribution in [0.5, 0.6) is 0 Å². The number of thiazole rings is 1. The standard InChI is InChI=1S/C10H12N2S/c1-6(2)10-12-8-5-7(11)3-4-9(8)13-10/h3-6H,11H2,1-2H3. The quantitative estimate of drug-likeness (QED) is 0.705. The van der Waals surface area contributed by atoms with E-state index in [4.69, 9.17) is 5.73 Å². The molecule has 0 amide bonds. The predicted molar refractivity (Wildman–Crippen MR) is 58.1 cm³/mol. The summed E-state index contributed by atoms with van der Waals surface area (Å²) in [5, 5.41) is 1.18. The minimum absolute atomic E-state index is 0.499. The van der Waals surface area contributed by atoms with Crippen LogP contribution in [0.1, 0.15) is 24.8 Å². The van der Waals surface area contributed by atoms with Crippen LogP contribution < -0.4 is 5.73 Å². The van der Waals surface area contributed by atoms with Gasteiger partial charge in [-0.1, -0.05) is 13.8 Å². The Kier molecular flexibility index (Phi) is 1.96. The van der Waals surface area contributed by atoms with Crippen molar-refractivity contribution in [1.82, 2.24) is 4.98 Å². The molecular weight excluding hydrogens is 180 g/mol. The highest BCUT2D eigenvalue weighted by atomic mass is 32.1. The van der Waals surface area contributed by atoms with Crippen molar-refractivity contribution >= 4 is 27.2 Å². The fraction of sp³-hybridized carbons (Fsp3) is 0.300. The number of nitrogens with zero attached hydrogens (tertiary/aromatic N) is 1. The summed E-state index contributed by atoms with van der Waals surface area (Å²) in [6, 6.07) is 5.89. The van der Waals surface area contributed by atoms with Gasteiger partial charge in [0.2, 0.25) is 0 Å². The molecule has 2 rings (SSSR count). The van der Waals surface area contributed by atoms with Crippen LogP contribution in [-0.4, -0.2) is 4.98 Å². The van der Waals surface area contributed by atoms with E-state index in [0.29, 0.717) is 5.92 Å². The van der Waals surface area contributed by atoms with Gasteiger partial charge in [-0.15, -0.1) is 11.3 Å². The molecule has 0 radical (unpaired) electrons. The van der Waals surface area contributed by atoms with Crippen LogP contribution in [0.15, 0.2) is 18.2 Å². The second kappa shape index (κ2) is 3.00. The molecular formula is C10H12N2S. The van der Waals surface area contributed by atoms with E-state index < -0.39 is 0 Å². The highest BCUT2D eigenvalue weighted by Gasteiger charge is 2.06. The Morgan fingerprint density at radius 1 is 1.38 bits per heavy atom. The highest BCUT2D eigenvalue weighted by molar-refractivity contribution is 7.18. The Hall–Kier alpha value is -1.09. The molecule has 0 aliphatic rings. The molecule has 68 valence electrons. The van der Waals surface area contributed by atoms with Gasteiger partial charge in [-0.25, -0.2) is 4.98 Å². The zero-order valence-electron chi connectivity index (χ0n) is 7.74. The molecule has 0 aliphatic heterocycles. The first-order chi connectivity index (χ1) is 6.16. The van der Waals surface area contributed by atoms with Crippen molar-refractivity contribution < 1.29 is 0 Å². The van der Waals surface area contributed by atoms with Crippen molar-refractivity contribution in [3.63, 3.8) is 0 Å².